The first kappa shape index (κ1) is 13.4. The molecule has 20 heavy (non-hydrogen) atoms. The molecular formula is C13H6BrF3N2S. The highest BCUT2D eigenvalue weighted by Gasteiger charge is 2.16. The van der Waals surface area contributed by atoms with Crippen LogP contribution in [0, 0.1) is 22.2 Å². The van der Waals surface area contributed by atoms with Gasteiger partial charge in [0, 0.05) is 16.6 Å². The fourth-order valence-corrected chi connectivity index (χ4v) is 2.70. The van der Waals surface area contributed by atoms with Crippen molar-refractivity contribution in [1.29, 1.82) is 0 Å². The van der Waals surface area contributed by atoms with Gasteiger partial charge in [-0.1, -0.05) is 15.9 Å². The number of hydrogen-bond acceptors (Lipinski definition) is 1. The predicted octanol–water partition coefficient (Wildman–Crippen LogP) is 4.87. The molecule has 0 saturated carbocycles. The summed E-state index contributed by atoms with van der Waals surface area (Å²) in [5.74, 6) is -3.27. The first-order valence-electron chi connectivity index (χ1n) is 5.52. The number of benzene rings is 2. The summed E-state index contributed by atoms with van der Waals surface area (Å²) in [6.07, 6.45) is 0. The van der Waals surface area contributed by atoms with E-state index in [0.29, 0.717) is 17.1 Å². The number of aromatic nitrogens is 2. The van der Waals surface area contributed by atoms with Crippen molar-refractivity contribution < 1.29 is 13.2 Å². The third kappa shape index (κ3) is 2.06. The molecular weight excluding hydrogens is 353 g/mol. The maximum Gasteiger partial charge on any atom is 0.183 e. The third-order valence-electron chi connectivity index (χ3n) is 2.86. The van der Waals surface area contributed by atoms with Gasteiger partial charge in [0.25, 0.3) is 0 Å². The molecule has 0 unspecified atom stereocenters. The van der Waals surface area contributed by atoms with Crippen LogP contribution in [0.1, 0.15) is 0 Å². The minimum absolute atomic E-state index is 0.155. The molecule has 1 heterocycles. The normalized spacial score (nSPS) is 11.2. The van der Waals surface area contributed by atoms with Crippen LogP contribution in [-0.2, 0) is 0 Å². The second kappa shape index (κ2) is 4.75. The van der Waals surface area contributed by atoms with Crippen molar-refractivity contribution in [3.63, 3.8) is 0 Å². The predicted molar refractivity (Wildman–Crippen MR) is 76.0 cm³/mol. The molecule has 0 aliphatic heterocycles. The van der Waals surface area contributed by atoms with Crippen LogP contribution in [0.15, 0.2) is 34.8 Å². The van der Waals surface area contributed by atoms with Crippen LogP contribution < -0.4 is 0 Å². The number of nitrogens with zero attached hydrogens (tertiary/aromatic N) is 1. The van der Waals surface area contributed by atoms with Crippen LogP contribution in [0.3, 0.4) is 0 Å². The zero-order chi connectivity index (χ0) is 14.4. The van der Waals surface area contributed by atoms with Gasteiger partial charge in [-0.2, -0.15) is 0 Å². The standard InChI is InChI=1S/C13H6BrF3N2S/c14-6-1-2-10-9(3-6)18-13(20)19(10)11-5-7(15)4-8(16)12(11)17/h1-5H,(H,18,20). The van der Waals surface area contributed by atoms with E-state index >= 15 is 0 Å². The molecule has 102 valence electrons. The van der Waals surface area contributed by atoms with E-state index in [9.17, 15) is 13.2 Å². The molecule has 2 nitrogen and oxygen atoms in total. The van der Waals surface area contributed by atoms with E-state index in [4.69, 9.17) is 12.2 Å². The lowest BCUT2D eigenvalue weighted by molar-refractivity contribution is 0.491. The van der Waals surface area contributed by atoms with Crippen molar-refractivity contribution in [1.82, 2.24) is 9.55 Å². The Labute approximate surface area is 125 Å². The Morgan fingerprint density at radius 3 is 2.60 bits per heavy atom. The number of halogens is 4. The monoisotopic (exact) mass is 358 g/mol. The highest BCUT2D eigenvalue weighted by molar-refractivity contribution is 9.10. The van der Waals surface area contributed by atoms with Gasteiger partial charge in [0.05, 0.1) is 16.7 Å². The van der Waals surface area contributed by atoms with Crippen molar-refractivity contribution in [2.45, 2.75) is 0 Å². The van der Waals surface area contributed by atoms with Crippen LogP contribution in [0.2, 0.25) is 0 Å². The largest absolute Gasteiger partial charge is 0.330 e. The molecule has 0 bridgehead atoms. The Bertz CT molecular complexity index is 885. The van der Waals surface area contributed by atoms with Gasteiger partial charge in [0.15, 0.2) is 16.4 Å². The second-order valence-electron chi connectivity index (χ2n) is 4.15. The quantitative estimate of drug-likeness (QED) is 0.486. The minimum atomic E-state index is -1.26. The summed E-state index contributed by atoms with van der Waals surface area (Å²) in [7, 11) is 0. The Morgan fingerprint density at radius 2 is 1.85 bits per heavy atom. The molecule has 3 aromatic rings. The third-order valence-corrected chi connectivity index (χ3v) is 3.64. The van der Waals surface area contributed by atoms with Crippen molar-refractivity contribution in [2.75, 3.05) is 0 Å². The van der Waals surface area contributed by atoms with Gasteiger partial charge in [0.2, 0.25) is 0 Å². The van der Waals surface area contributed by atoms with E-state index in [1.807, 2.05) is 0 Å². The average Bonchev–Trinajstić information content (AvgIpc) is 2.69. The fourth-order valence-electron chi connectivity index (χ4n) is 2.03. The van der Waals surface area contributed by atoms with Gasteiger partial charge < -0.3 is 4.98 Å². The summed E-state index contributed by atoms with van der Waals surface area (Å²) in [6, 6.07) is 6.55. The number of aromatic amines is 1. The molecule has 0 fully saturated rings. The molecule has 0 radical (unpaired) electrons. The van der Waals surface area contributed by atoms with Gasteiger partial charge in [-0.05, 0) is 30.4 Å². The molecule has 2 aromatic carbocycles. The zero-order valence-electron chi connectivity index (χ0n) is 9.75. The van der Waals surface area contributed by atoms with Crippen molar-refractivity contribution in [3.8, 4) is 5.69 Å². The molecule has 0 aliphatic carbocycles. The Balaban J connectivity index is 2.41. The lowest BCUT2D eigenvalue weighted by Gasteiger charge is -2.07. The number of H-pyrrole nitrogens is 1. The maximum atomic E-state index is 13.9. The van der Waals surface area contributed by atoms with E-state index in [2.05, 4.69) is 20.9 Å². The second-order valence-corrected chi connectivity index (χ2v) is 5.45. The number of imidazole rings is 1. The molecule has 3 rings (SSSR count). The van der Waals surface area contributed by atoms with Crippen molar-refractivity contribution in [3.05, 3.63) is 57.0 Å². The van der Waals surface area contributed by atoms with Crippen LogP contribution >= 0.6 is 28.1 Å². The lowest BCUT2D eigenvalue weighted by atomic mass is 10.2. The Morgan fingerprint density at radius 1 is 1.10 bits per heavy atom. The molecule has 0 amide bonds. The van der Waals surface area contributed by atoms with Gasteiger partial charge in [-0.25, -0.2) is 13.2 Å². The molecule has 0 aliphatic rings. The molecule has 0 spiro atoms. The molecule has 0 atom stereocenters. The molecule has 7 heteroatoms. The van der Waals surface area contributed by atoms with E-state index in [-0.39, 0.29) is 10.5 Å². The number of nitrogens with one attached hydrogen (secondary N) is 1. The topological polar surface area (TPSA) is 20.7 Å². The summed E-state index contributed by atoms with van der Waals surface area (Å²) in [6.45, 7) is 0. The lowest BCUT2D eigenvalue weighted by Crippen LogP contribution is -2.01. The average molecular weight is 359 g/mol. The summed E-state index contributed by atoms with van der Waals surface area (Å²) in [5, 5.41) is 0. The molecule has 0 saturated heterocycles. The van der Waals surface area contributed by atoms with Crippen molar-refractivity contribution >= 4 is 39.2 Å². The summed E-state index contributed by atoms with van der Waals surface area (Å²) >= 11 is 8.41. The minimum Gasteiger partial charge on any atom is -0.330 e. The fraction of sp³-hybridized carbons (Fsp3) is 0. The van der Waals surface area contributed by atoms with Crippen LogP contribution in [-0.4, -0.2) is 9.55 Å². The number of hydrogen-bond donors (Lipinski definition) is 1. The summed E-state index contributed by atoms with van der Waals surface area (Å²) in [5.41, 5.74) is 0.900. The molecule has 1 N–H and O–H groups in total. The number of fused-ring (bicyclic) bond motifs is 1. The Hall–Kier alpha value is -1.60. The van der Waals surface area contributed by atoms with Crippen molar-refractivity contribution in [2.24, 2.45) is 0 Å². The highest BCUT2D eigenvalue weighted by Crippen LogP contribution is 2.26. The van der Waals surface area contributed by atoms with Crippen LogP contribution in [0.4, 0.5) is 13.2 Å². The van der Waals surface area contributed by atoms with Gasteiger partial charge in [0.1, 0.15) is 5.82 Å². The van der Waals surface area contributed by atoms with Gasteiger partial charge >= 0.3 is 0 Å². The summed E-state index contributed by atoms with van der Waals surface area (Å²) in [4.78, 5) is 2.87. The van der Waals surface area contributed by atoms with Gasteiger partial charge in [-0.3, -0.25) is 4.57 Å². The molecule has 1 aromatic heterocycles. The van der Waals surface area contributed by atoms with Crippen LogP contribution in [0.5, 0.6) is 0 Å². The smallest absolute Gasteiger partial charge is 0.183 e. The number of rotatable bonds is 1. The van der Waals surface area contributed by atoms with E-state index in [0.717, 1.165) is 10.5 Å². The summed E-state index contributed by atoms with van der Waals surface area (Å²) < 4.78 is 42.8. The zero-order valence-corrected chi connectivity index (χ0v) is 12.2. The first-order chi connectivity index (χ1) is 9.47. The SMILES string of the molecule is Fc1cc(F)c(F)c(-n2c(=S)[nH]c3cc(Br)ccc32)c1. The van der Waals surface area contributed by atoms with Crippen LogP contribution in [0.25, 0.3) is 16.7 Å². The van der Waals surface area contributed by atoms with E-state index < -0.39 is 17.5 Å². The van der Waals surface area contributed by atoms with E-state index in [1.165, 1.54) is 4.57 Å². The van der Waals surface area contributed by atoms with Gasteiger partial charge in [-0.15, -0.1) is 0 Å². The Kier molecular flexibility index (Phi) is 3.18. The van der Waals surface area contributed by atoms with E-state index in [1.54, 1.807) is 18.2 Å². The maximum absolute atomic E-state index is 13.9. The highest BCUT2D eigenvalue weighted by atomic mass is 79.9. The first-order valence-corrected chi connectivity index (χ1v) is 6.72.